The summed E-state index contributed by atoms with van der Waals surface area (Å²) in [6, 6.07) is 0. The molecule has 0 saturated carbocycles. The molecule has 0 aromatic rings. The van der Waals surface area contributed by atoms with E-state index >= 15 is 0 Å². The van der Waals surface area contributed by atoms with Crippen molar-refractivity contribution < 1.29 is 80.2 Å². The van der Waals surface area contributed by atoms with E-state index < -0.39 is 97.5 Å². The molecule has 0 aliphatic carbocycles. The molecule has 0 aliphatic rings. The van der Waals surface area contributed by atoms with Crippen molar-refractivity contribution in [2.24, 2.45) is 17.8 Å². The molecule has 105 heavy (non-hydrogen) atoms. The van der Waals surface area contributed by atoms with Crippen LogP contribution >= 0.6 is 15.6 Å². The number of rotatable bonds is 84. The minimum atomic E-state index is -4.97. The van der Waals surface area contributed by atoms with E-state index in [0.29, 0.717) is 25.7 Å². The summed E-state index contributed by atoms with van der Waals surface area (Å²) in [6.45, 7) is 12.1. The Labute approximate surface area is 645 Å². The normalized spacial score (nSPS) is 14.1. The topological polar surface area (TPSA) is 237 Å². The summed E-state index contributed by atoms with van der Waals surface area (Å²) in [5, 5.41) is 10.7. The first-order valence-corrected chi connectivity index (χ1v) is 47.4. The van der Waals surface area contributed by atoms with Gasteiger partial charge in [-0.1, -0.05) is 402 Å². The Hall–Kier alpha value is -1.94. The van der Waals surface area contributed by atoms with Crippen molar-refractivity contribution in [2.45, 2.75) is 471 Å². The van der Waals surface area contributed by atoms with Crippen LogP contribution in [0.15, 0.2) is 0 Å². The summed E-state index contributed by atoms with van der Waals surface area (Å²) in [7, 11) is -9.93. The summed E-state index contributed by atoms with van der Waals surface area (Å²) in [5.74, 6) is 0.352. The van der Waals surface area contributed by atoms with Crippen LogP contribution in [-0.4, -0.2) is 96.7 Å². The first-order valence-electron chi connectivity index (χ1n) is 44.4. The fourth-order valence-corrected chi connectivity index (χ4v) is 14.9. The van der Waals surface area contributed by atoms with Crippen LogP contribution in [0.1, 0.15) is 453 Å². The highest BCUT2D eigenvalue weighted by atomic mass is 31.2. The van der Waals surface area contributed by atoms with Crippen molar-refractivity contribution in [3.63, 3.8) is 0 Å². The second kappa shape index (κ2) is 76.1. The molecule has 0 aromatic heterocycles. The van der Waals surface area contributed by atoms with Crippen LogP contribution in [0.25, 0.3) is 0 Å². The van der Waals surface area contributed by atoms with Crippen LogP contribution in [-0.2, 0) is 65.4 Å². The quantitative estimate of drug-likeness (QED) is 0.0222. The lowest BCUT2D eigenvalue weighted by Gasteiger charge is -2.21. The minimum absolute atomic E-state index is 0.108. The maximum absolute atomic E-state index is 13.1. The summed E-state index contributed by atoms with van der Waals surface area (Å²) >= 11 is 0. The van der Waals surface area contributed by atoms with Crippen LogP contribution in [0.4, 0.5) is 0 Å². The fourth-order valence-electron chi connectivity index (χ4n) is 13.3. The third-order valence-electron chi connectivity index (χ3n) is 20.5. The van der Waals surface area contributed by atoms with Crippen molar-refractivity contribution in [3.05, 3.63) is 0 Å². The molecule has 19 heteroatoms. The van der Waals surface area contributed by atoms with Gasteiger partial charge in [-0.3, -0.25) is 37.3 Å². The Balaban J connectivity index is 5.25. The number of phosphoric acid groups is 2. The molecule has 17 nitrogen and oxygen atoms in total. The van der Waals surface area contributed by atoms with Gasteiger partial charge in [0.1, 0.15) is 19.3 Å². The smallest absolute Gasteiger partial charge is 0.462 e. The molecule has 0 spiro atoms. The van der Waals surface area contributed by atoms with Gasteiger partial charge in [-0.2, -0.15) is 0 Å². The number of unbranched alkanes of at least 4 members (excludes halogenated alkanes) is 51. The van der Waals surface area contributed by atoms with E-state index in [4.69, 9.17) is 37.0 Å². The molecular weight excluding hydrogens is 1370 g/mol. The Morgan fingerprint density at radius 3 is 0.724 bits per heavy atom. The van der Waals surface area contributed by atoms with Gasteiger partial charge in [0.25, 0.3) is 0 Å². The summed E-state index contributed by atoms with van der Waals surface area (Å²) < 4.78 is 68.9. The Bertz CT molecular complexity index is 2030. The number of carbonyl (C=O) groups excluding carboxylic acids is 4. The standard InChI is InChI=1S/C86H168O17P2/c1-8-10-11-12-13-14-29-39-46-53-60-67-83(88)96-73-81(102-86(91)70-63-56-49-42-35-28-21-19-24-31-37-44-51-58-65-78(5)6)75-100-104(92,93)98-71-80(87)72-99-105(94,95)101-76-82(74-97-84(89)68-61-54-47-40-33-26-22-20-25-32-38-45-52-59-66-79(7)9-2)103-85(90)69-62-55-48-41-34-27-18-16-15-17-23-30-36-43-50-57-64-77(3)4/h77-82,87H,8-76H2,1-7H3,(H,92,93)(H,94,95)/t79?,80-,81+,82+/m0/s1. The molecule has 0 fully saturated rings. The van der Waals surface area contributed by atoms with Crippen LogP contribution in [0.5, 0.6) is 0 Å². The largest absolute Gasteiger partial charge is 0.472 e. The second-order valence-corrected chi connectivity index (χ2v) is 35.0. The van der Waals surface area contributed by atoms with Crippen molar-refractivity contribution in [1.82, 2.24) is 0 Å². The van der Waals surface area contributed by atoms with E-state index in [1.54, 1.807) is 0 Å². The van der Waals surface area contributed by atoms with Gasteiger partial charge in [-0.05, 0) is 43.4 Å². The Kier molecular flexibility index (Phi) is 74.7. The zero-order chi connectivity index (χ0) is 77.2. The maximum Gasteiger partial charge on any atom is 0.472 e. The SMILES string of the molecule is CCCCCCCCCCCCCC(=O)OC[C@H](COP(=O)(O)OC[C@H](O)COP(=O)(O)OC[C@@H](COC(=O)CCCCCCCCCCCCCCCCC(C)CC)OC(=O)CCCCCCCCCCCCCCCCCCC(C)C)OC(=O)CCCCCCCCCCCCCCCCC(C)C. The van der Waals surface area contributed by atoms with Crippen LogP contribution < -0.4 is 0 Å². The van der Waals surface area contributed by atoms with Gasteiger partial charge in [0, 0.05) is 25.7 Å². The minimum Gasteiger partial charge on any atom is -0.462 e. The van der Waals surface area contributed by atoms with Gasteiger partial charge in [-0.25, -0.2) is 9.13 Å². The van der Waals surface area contributed by atoms with E-state index in [1.165, 1.54) is 263 Å². The molecule has 0 aliphatic heterocycles. The molecule has 0 aromatic carbocycles. The van der Waals surface area contributed by atoms with Crippen molar-refractivity contribution in [1.29, 1.82) is 0 Å². The molecule has 0 heterocycles. The zero-order valence-electron chi connectivity index (χ0n) is 69.2. The molecule has 624 valence electrons. The van der Waals surface area contributed by atoms with E-state index in [9.17, 15) is 43.2 Å². The van der Waals surface area contributed by atoms with E-state index in [0.717, 1.165) is 108 Å². The van der Waals surface area contributed by atoms with Gasteiger partial charge in [0.2, 0.25) is 0 Å². The number of esters is 4. The molecule has 0 bridgehead atoms. The van der Waals surface area contributed by atoms with Gasteiger partial charge >= 0.3 is 39.5 Å². The van der Waals surface area contributed by atoms with Gasteiger partial charge in [0.05, 0.1) is 26.4 Å². The van der Waals surface area contributed by atoms with E-state index in [-0.39, 0.29) is 25.7 Å². The fraction of sp³-hybridized carbons (Fsp3) is 0.953. The van der Waals surface area contributed by atoms with Crippen molar-refractivity contribution in [2.75, 3.05) is 39.6 Å². The van der Waals surface area contributed by atoms with Crippen LogP contribution in [0, 0.1) is 17.8 Å². The summed E-state index contributed by atoms with van der Waals surface area (Å²) in [6.07, 6.45) is 66.4. The average molecular weight is 1540 g/mol. The number of aliphatic hydroxyl groups excluding tert-OH is 1. The van der Waals surface area contributed by atoms with Crippen LogP contribution in [0.3, 0.4) is 0 Å². The second-order valence-electron chi connectivity index (χ2n) is 32.1. The van der Waals surface area contributed by atoms with Crippen molar-refractivity contribution >= 4 is 39.5 Å². The molecule has 0 saturated heterocycles. The molecule has 3 unspecified atom stereocenters. The highest BCUT2D eigenvalue weighted by molar-refractivity contribution is 7.47. The zero-order valence-corrected chi connectivity index (χ0v) is 71.0. The lowest BCUT2D eigenvalue weighted by Crippen LogP contribution is -2.30. The van der Waals surface area contributed by atoms with Crippen molar-refractivity contribution in [3.8, 4) is 0 Å². The number of hydrogen-bond acceptors (Lipinski definition) is 15. The monoisotopic (exact) mass is 1540 g/mol. The number of aliphatic hydroxyl groups is 1. The summed E-state index contributed by atoms with van der Waals surface area (Å²) in [4.78, 5) is 73.2. The highest BCUT2D eigenvalue weighted by Crippen LogP contribution is 2.45. The van der Waals surface area contributed by atoms with E-state index in [1.807, 2.05) is 0 Å². The number of hydrogen-bond donors (Lipinski definition) is 3. The molecule has 0 radical (unpaired) electrons. The predicted molar refractivity (Wildman–Crippen MR) is 432 cm³/mol. The molecule has 0 rings (SSSR count). The van der Waals surface area contributed by atoms with E-state index in [2.05, 4.69) is 48.5 Å². The number of phosphoric ester groups is 2. The van der Waals surface area contributed by atoms with Gasteiger partial charge in [-0.15, -0.1) is 0 Å². The lowest BCUT2D eigenvalue weighted by atomic mass is 9.99. The Morgan fingerprint density at radius 1 is 0.276 bits per heavy atom. The molecule has 3 N–H and O–H groups in total. The Morgan fingerprint density at radius 2 is 0.486 bits per heavy atom. The average Bonchev–Trinajstić information content (AvgIpc) is 0.914. The molecule has 0 amide bonds. The third kappa shape index (κ3) is 78.5. The van der Waals surface area contributed by atoms with Gasteiger partial charge in [0.15, 0.2) is 12.2 Å². The van der Waals surface area contributed by atoms with Gasteiger partial charge < -0.3 is 33.8 Å². The number of ether oxygens (including phenoxy) is 4. The predicted octanol–water partition coefficient (Wildman–Crippen LogP) is 26.1. The lowest BCUT2D eigenvalue weighted by molar-refractivity contribution is -0.161. The molecule has 6 atom stereocenters. The first kappa shape index (κ1) is 103. The van der Waals surface area contributed by atoms with Crippen LogP contribution in [0.2, 0.25) is 0 Å². The molecular formula is C86H168O17P2. The maximum atomic E-state index is 13.1. The third-order valence-corrected chi connectivity index (χ3v) is 22.4. The highest BCUT2D eigenvalue weighted by Gasteiger charge is 2.30. The first-order chi connectivity index (χ1) is 50.8. The summed E-state index contributed by atoms with van der Waals surface area (Å²) in [5.41, 5.74) is 0. The number of carbonyl (C=O) groups is 4.